The van der Waals surface area contributed by atoms with E-state index in [-0.39, 0.29) is 11.5 Å². The zero-order valence-corrected chi connectivity index (χ0v) is 11.8. The lowest BCUT2D eigenvalue weighted by Crippen LogP contribution is -2.34. The molecule has 1 N–H and O–H groups in total. The van der Waals surface area contributed by atoms with Crippen molar-refractivity contribution in [2.24, 2.45) is 0 Å². The highest BCUT2D eigenvalue weighted by molar-refractivity contribution is 5.93. The third-order valence-electron chi connectivity index (χ3n) is 2.96. The number of ether oxygens (including phenoxy) is 1. The molecule has 6 heteroatoms. The summed E-state index contributed by atoms with van der Waals surface area (Å²) in [5.41, 5.74) is 0.993. The summed E-state index contributed by atoms with van der Waals surface area (Å²) in [6.07, 6.45) is 3.11. The number of H-pyrrole nitrogens is 1. The Morgan fingerprint density at radius 3 is 2.81 bits per heavy atom. The molecule has 2 aromatic heterocycles. The number of hydrogen-bond acceptors (Lipinski definition) is 4. The highest BCUT2D eigenvalue weighted by atomic mass is 16.5. The zero-order chi connectivity index (χ0) is 15.1. The molecule has 0 aliphatic rings. The standard InChI is InChI=1S/C15H17N3O3/c1-21-9-8-18(11-13-4-2-3-7-16-13)15(20)12-5-6-14(19)17-10-12/h2-7,10H,8-9,11H2,1H3,(H,17,19). The fourth-order valence-corrected chi connectivity index (χ4v) is 1.87. The molecular formula is C15H17N3O3. The molecule has 2 aromatic rings. The molecule has 0 aliphatic heterocycles. The quantitative estimate of drug-likeness (QED) is 0.862. The van der Waals surface area contributed by atoms with Gasteiger partial charge in [0.1, 0.15) is 0 Å². The summed E-state index contributed by atoms with van der Waals surface area (Å²) in [6.45, 7) is 1.27. The van der Waals surface area contributed by atoms with E-state index < -0.39 is 0 Å². The minimum absolute atomic E-state index is 0.172. The lowest BCUT2D eigenvalue weighted by Gasteiger charge is -2.22. The number of pyridine rings is 2. The molecule has 0 radical (unpaired) electrons. The van der Waals surface area contributed by atoms with Crippen molar-refractivity contribution in [2.45, 2.75) is 6.54 Å². The van der Waals surface area contributed by atoms with E-state index in [0.717, 1.165) is 5.69 Å². The van der Waals surface area contributed by atoms with Crippen LogP contribution in [-0.4, -0.2) is 41.0 Å². The van der Waals surface area contributed by atoms with E-state index in [1.807, 2.05) is 18.2 Å². The van der Waals surface area contributed by atoms with Gasteiger partial charge in [-0.25, -0.2) is 0 Å². The van der Waals surface area contributed by atoms with Gasteiger partial charge in [0.2, 0.25) is 5.56 Å². The molecule has 6 nitrogen and oxygen atoms in total. The van der Waals surface area contributed by atoms with Gasteiger partial charge in [0, 0.05) is 32.1 Å². The molecule has 0 bridgehead atoms. The van der Waals surface area contributed by atoms with Crippen LogP contribution in [0.25, 0.3) is 0 Å². The lowest BCUT2D eigenvalue weighted by atomic mass is 10.2. The van der Waals surface area contributed by atoms with Gasteiger partial charge in [-0.2, -0.15) is 0 Å². The molecule has 1 amide bonds. The molecule has 0 aliphatic carbocycles. The summed E-state index contributed by atoms with van der Waals surface area (Å²) in [5, 5.41) is 0. The number of amides is 1. The Hall–Kier alpha value is -2.47. The van der Waals surface area contributed by atoms with E-state index in [4.69, 9.17) is 4.74 Å². The maximum absolute atomic E-state index is 12.5. The number of carbonyl (C=O) groups excluding carboxylic acids is 1. The Morgan fingerprint density at radius 2 is 2.19 bits per heavy atom. The summed E-state index contributed by atoms with van der Waals surface area (Å²) in [6, 6.07) is 8.41. The lowest BCUT2D eigenvalue weighted by molar-refractivity contribution is 0.0677. The number of aromatic nitrogens is 2. The molecule has 110 valence electrons. The molecule has 2 rings (SSSR count). The topological polar surface area (TPSA) is 75.3 Å². The molecular weight excluding hydrogens is 270 g/mol. The van der Waals surface area contributed by atoms with E-state index in [9.17, 15) is 9.59 Å². The molecule has 0 spiro atoms. The molecule has 0 unspecified atom stereocenters. The van der Waals surface area contributed by atoms with Gasteiger partial charge in [-0.15, -0.1) is 0 Å². The van der Waals surface area contributed by atoms with Crippen LogP contribution in [0.4, 0.5) is 0 Å². The number of methoxy groups -OCH3 is 1. The highest BCUT2D eigenvalue weighted by Gasteiger charge is 2.16. The first-order chi connectivity index (χ1) is 10.2. The Morgan fingerprint density at radius 1 is 1.33 bits per heavy atom. The van der Waals surface area contributed by atoms with Crippen LogP contribution in [0, 0.1) is 0 Å². The second kappa shape index (κ2) is 7.35. The number of carbonyl (C=O) groups is 1. The first kappa shape index (κ1) is 14.9. The molecule has 0 aromatic carbocycles. The second-order valence-electron chi connectivity index (χ2n) is 4.48. The largest absolute Gasteiger partial charge is 0.383 e. The Kier molecular flexibility index (Phi) is 5.22. The van der Waals surface area contributed by atoms with E-state index in [1.165, 1.54) is 18.3 Å². The highest BCUT2D eigenvalue weighted by Crippen LogP contribution is 2.07. The molecule has 0 fully saturated rings. The molecule has 0 atom stereocenters. The summed E-state index contributed by atoms with van der Waals surface area (Å²) >= 11 is 0. The maximum atomic E-state index is 12.5. The van der Waals surface area contributed by atoms with E-state index in [1.54, 1.807) is 18.2 Å². The summed E-state index contributed by atoms with van der Waals surface area (Å²) in [4.78, 5) is 31.9. The van der Waals surface area contributed by atoms with Gasteiger partial charge in [-0.05, 0) is 18.2 Å². The van der Waals surface area contributed by atoms with Crippen molar-refractivity contribution in [3.63, 3.8) is 0 Å². The molecule has 21 heavy (non-hydrogen) atoms. The normalized spacial score (nSPS) is 10.3. The third-order valence-corrected chi connectivity index (χ3v) is 2.96. The van der Waals surface area contributed by atoms with Gasteiger partial charge in [0.25, 0.3) is 5.91 Å². The van der Waals surface area contributed by atoms with E-state index in [2.05, 4.69) is 9.97 Å². The van der Waals surface area contributed by atoms with Crippen molar-refractivity contribution < 1.29 is 9.53 Å². The first-order valence-electron chi connectivity index (χ1n) is 6.57. The van der Waals surface area contributed by atoms with Crippen molar-refractivity contribution in [3.8, 4) is 0 Å². The van der Waals surface area contributed by atoms with E-state index >= 15 is 0 Å². The Bertz CT molecular complexity index is 620. The summed E-state index contributed by atoms with van der Waals surface area (Å²) in [7, 11) is 1.59. The maximum Gasteiger partial charge on any atom is 0.255 e. The van der Waals surface area contributed by atoms with Crippen LogP contribution in [-0.2, 0) is 11.3 Å². The van der Waals surface area contributed by atoms with Crippen LogP contribution < -0.4 is 5.56 Å². The Balaban J connectivity index is 2.16. The van der Waals surface area contributed by atoms with Gasteiger partial charge in [0.05, 0.1) is 24.4 Å². The summed E-state index contributed by atoms with van der Waals surface area (Å²) in [5.74, 6) is -0.172. The average molecular weight is 287 g/mol. The molecule has 0 saturated carbocycles. The number of nitrogens with one attached hydrogen (secondary N) is 1. The third kappa shape index (κ3) is 4.25. The van der Waals surface area contributed by atoms with Crippen LogP contribution >= 0.6 is 0 Å². The number of aromatic amines is 1. The van der Waals surface area contributed by atoms with Crippen LogP contribution in [0.2, 0.25) is 0 Å². The van der Waals surface area contributed by atoms with Gasteiger partial charge >= 0.3 is 0 Å². The van der Waals surface area contributed by atoms with Crippen molar-refractivity contribution in [2.75, 3.05) is 20.3 Å². The van der Waals surface area contributed by atoms with Gasteiger partial charge < -0.3 is 14.6 Å². The average Bonchev–Trinajstić information content (AvgIpc) is 2.52. The van der Waals surface area contributed by atoms with Crippen molar-refractivity contribution in [1.82, 2.24) is 14.9 Å². The number of hydrogen-bond donors (Lipinski definition) is 1. The number of rotatable bonds is 6. The van der Waals surface area contributed by atoms with Gasteiger partial charge in [0.15, 0.2) is 0 Å². The molecule has 2 heterocycles. The zero-order valence-electron chi connectivity index (χ0n) is 11.8. The summed E-state index contributed by atoms with van der Waals surface area (Å²) < 4.78 is 5.04. The predicted octanol–water partition coefficient (Wildman–Crippen LogP) is 1.06. The first-order valence-corrected chi connectivity index (χ1v) is 6.57. The van der Waals surface area contributed by atoms with Crippen molar-refractivity contribution in [3.05, 3.63) is 64.3 Å². The van der Waals surface area contributed by atoms with Crippen LogP contribution in [0.15, 0.2) is 47.5 Å². The fraction of sp³-hybridized carbons (Fsp3) is 0.267. The fourth-order valence-electron chi connectivity index (χ4n) is 1.87. The van der Waals surface area contributed by atoms with Crippen LogP contribution in [0.3, 0.4) is 0 Å². The van der Waals surface area contributed by atoms with Crippen molar-refractivity contribution >= 4 is 5.91 Å². The minimum Gasteiger partial charge on any atom is -0.383 e. The van der Waals surface area contributed by atoms with Crippen LogP contribution in [0.5, 0.6) is 0 Å². The molecule has 0 saturated heterocycles. The smallest absolute Gasteiger partial charge is 0.255 e. The van der Waals surface area contributed by atoms with Crippen molar-refractivity contribution in [1.29, 1.82) is 0 Å². The van der Waals surface area contributed by atoms with Gasteiger partial charge in [-0.3, -0.25) is 14.6 Å². The number of nitrogens with zero attached hydrogens (tertiary/aromatic N) is 2. The SMILES string of the molecule is COCCN(Cc1ccccn1)C(=O)c1ccc(=O)[nH]c1. The second-order valence-corrected chi connectivity index (χ2v) is 4.48. The van der Waals surface area contributed by atoms with Crippen LogP contribution in [0.1, 0.15) is 16.1 Å². The van der Waals surface area contributed by atoms with Gasteiger partial charge in [-0.1, -0.05) is 6.07 Å². The minimum atomic E-state index is -0.236. The Labute approximate surface area is 122 Å². The predicted molar refractivity (Wildman–Crippen MR) is 77.9 cm³/mol. The van der Waals surface area contributed by atoms with E-state index in [0.29, 0.717) is 25.3 Å². The monoisotopic (exact) mass is 287 g/mol.